The molecule has 0 aliphatic heterocycles. The van der Waals surface area contributed by atoms with E-state index in [-0.39, 0.29) is 12.6 Å². The quantitative estimate of drug-likeness (QED) is 0.448. The zero-order valence-corrected chi connectivity index (χ0v) is 13.3. The molecule has 3 unspecified atom stereocenters. The first-order chi connectivity index (χ1) is 9.67. The molecule has 3 N–H and O–H groups in total. The van der Waals surface area contributed by atoms with E-state index in [0.717, 1.165) is 13.0 Å². The first-order valence-corrected chi connectivity index (χ1v) is 7.76. The molecule has 5 nitrogen and oxygen atoms in total. The number of unbranched alkanes of at least 4 members (excludes halogenated alkanes) is 1. The maximum absolute atomic E-state index is 9.81. The Morgan fingerprint density at radius 1 is 1.15 bits per heavy atom. The molecule has 0 aliphatic rings. The number of hydrogen-bond acceptors (Lipinski definition) is 5. The molecule has 0 rings (SSSR count). The van der Waals surface area contributed by atoms with Crippen LogP contribution in [0.3, 0.4) is 0 Å². The summed E-state index contributed by atoms with van der Waals surface area (Å²) in [5.74, 6) is 0.591. The normalized spacial score (nSPS) is 16.1. The van der Waals surface area contributed by atoms with Gasteiger partial charge >= 0.3 is 0 Å². The molecule has 0 amide bonds. The van der Waals surface area contributed by atoms with Crippen molar-refractivity contribution in [3.63, 3.8) is 0 Å². The summed E-state index contributed by atoms with van der Waals surface area (Å²) in [4.78, 5) is 0. The summed E-state index contributed by atoms with van der Waals surface area (Å²) in [7, 11) is 1.59. The monoisotopic (exact) mass is 291 g/mol. The van der Waals surface area contributed by atoms with Crippen LogP contribution in [0, 0.1) is 5.92 Å². The standard InChI is InChI=1S/C15H33NO4/c1-4-6-7-13(5-2)10-20-12-15(18)8-16-14(9-17)11-19-3/h13-18H,4-12H2,1-3H3. The smallest absolute Gasteiger partial charge is 0.0897 e. The van der Waals surface area contributed by atoms with Gasteiger partial charge in [-0.25, -0.2) is 0 Å². The molecule has 122 valence electrons. The lowest BCUT2D eigenvalue weighted by Crippen LogP contribution is -2.42. The van der Waals surface area contributed by atoms with Gasteiger partial charge < -0.3 is 25.0 Å². The number of nitrogens with one attached hydrogen (secondary N) is 1. The Labute approximate surface area is 123 Å². The molecule has 0 spiro atoms. The van der Waals surface area contributed by atoms with E-state index in [9.17, 15) is 5.11 Å². The van der Waals surface area contributed by atoms with Crippen LogP contribution in [0.5, 0.6) is 0 Å². The van der Waals surface area contributed by atoms with E-state index in [0.29, 0.717) is 25.7 Å². The van der Waals surface area contributed by atoms with E-state index in [1.807, 2.05) is 0 Å². The molecular formula is C15H33NO4. The third kappa shape index (κ3) is 10.6. The number of hydrogen-bond donors (Lipinski definition) is 3. The second kappa shape index (κ2) is 13.8. The Bertz CT molecular complexity index is 204. The molecule has 0 fully saturated rings. The van der Waals surface area contributed by atoms with Crippen molar-refractivity contribution in [3.8, 4) is 0 Å². The Morgan fingerprint density at radius 3 is 2.45 bits per heavy atom. The summed E-state index contributed by atoms with van der Waals surface area (Å²) in [6.45, 7) is 6.25. The highest BCUT2D eigenvalue weighted by atomic mass is 16.5. The lowest BCUT2D eigenvalue weighted by Gasteiger charge is -2.19. The van der Waals surface area contributed by atoms with Gasteiger partial charge in [-0.15, -0.1) is 0 Å². The highest BCUT2D eigenvalue weighted by Crippen LogP contribution is 2.12. The third-order valence-corrected chi connectivity index (χ3v) is 3.44. The molecule has 5 heteroatoms. The van der Waals surface area contributed by atoms with Crippen LogP contribution in [-0.2, 0) is 9.47 Å². The van der Waals surface area contributed by atoms with Gasteiger partial charge in [0.15, 0.2) is 0 Å². The van der Waals surface area contributed by atoms with E-state index >= 15 is 0 Å². The van der Waals surface area contributed by atoms with E-state index in [4.69, 9.17) is 14.6 Å². The molecule has 0 aliphatic carbocycles. The molecule has 0 saturated carbocycles. The first-order valence-electron chi connectivity index (χ1n) is 7.76. The maximum Gasteiger partial charge on any atom is 0.0897 e. The maximum atomic E-state index is 9.81. The van der Waals surface area contributed by atoms with Gasteiger partial charge in [-0.05, 0) is 12.3 Å². The van der Waals surface area contributed by atoms with Crippen molar-refractivity contribution in [2.75, 3.05) is 40.1 Å². The van der Waals surface area contributed by atoms with Gasteiger partial charge in [0.05, 0.1) is 32.0 Å². The van der Waals surface area contributed by atoms with Gasteiger partial charge in [-0.1, -0.05) is 33.1 Å². The van der Waals surface area contributed by atoms with Crippen molar-refractivity contribution in [2.24, 2.45) is 5.92 Å². The molecule has 0 heterocycles. The predicted molar refractivity (Wildman–Crippen MR) is 80.9 cm³/mol. The number of aliphatic hydroxyl groups excluding tert-OH is 2. The molecule has 0 aromatic heterocycles. The van der Waals surface area contributed by atoms with Crippen LogP contribution in [0.15, 0.2) is 0 Å². The second-order valence-corrected chi connectivity index (χ2v) is 5.35. The van der Waals surface area contributed by atoms with Gasteiger partial charge in [0.1, 0.15) is 0 Å². The summed E-state index contributed by atoms with van der Waals surface area (Å²) in [5.41, 5.74) is 0. The van der Waals surface area contributed by atoms with E-state index in [1.165, 1.54) is 19.3 Å². The topological polar surface area (TPSA) is 71.0 Å². The van der Waals surface area contributed by atoms with Crippen molar-refractivity contribution < 1.29 is 19.7 Å². The average molecular weight is 291 g/mol. The Kier molecular flexibility index (Phi) is 13.6. The first kappa shape index (κ1) is 19.8. The lowest BCUT2D eigenvalue weighted by molar-refractivity contribution is 0.0155. The van der Waals surface area contributed by atoms with Crippen molar-refractivity contribution in [3.05, 3.63) is 0 Å². The Morgan fingerprint density at radius 2 is 1.90 bits per heavy atom. The van der Waals surface area contributed by atoms with Crippen LogP contribution in [-0.4, -0.2) is 62.4 Å². The number of aliphatic hydroxyl groups is 2. The van der Waals surface area contributed by atoms with Crippen LogP contribution >= 0.6 is 0 Å². The summed E-state index contributed by atoms with van der Waals surface area (Å²) in [5, 5.41) is 21.9. The van der Waals surface area contributed by atoms with Crippen molar-refractivity contribution >= 4 is 0 Å². The van der Waals surface area contributed by atoms with Gasteiger partial charge in [0, 0.05) is 20.3 Å². The van der Waals surface area contributed by atoms with Crippen LogP contribution in [0.25, 0.3) is 0 Å². The Balaban J connectivity index is 3.67. The minimum absolute atomic E-state index is 0.00363. The van der Waals surface area contributed by atoms with E-state index < -0.39 is 6.10 Å². The highest BCUT2D eigenvalue weighted by molar-refractivity contribution is 4.68. The van der Waals surface area contributed by atoms with Crippen LogP contribution in [0.4, 0.5) is 0 Å². The summed E-state index contributed by atoms with van der Waals surface area (Å²) in [6, 6.07) is -0.136. The minimum atomic E-state index is -0.551. The highest BCUT2D eigenvalue weighted by Gasteiger charge is 2.11. The van der Waals surface area contributed by atoms with Gasteiger partial charge in [0.2, 0.25) is 0 Å². The van der Waals surface area contributed by atoms with Gasteiger partial charge in [0.25, 0.3) is 0 Å². The fourth-order valence-electron chi connectivity index (χ4n) is 2.01. The predicted octanol–water partition coefficient (Wildman–Crippen LogP) is 1.18. The number of ether oxygens (including phenoxy) is 2. The van der Waals surface area contributed by atoms with Crippen LogP contribution in [0.1, 0.15) is 39.5 Å². The van der Waals surface area contributed by atoms with Crippen molar-refractivity contribution in [1.29, 1.82) is 0 Å². The summed E-state index contributed by atoms with van der Waals surface area (Å²) >= 11 is 0. The number of rotatable bonds is 14. The lowest BCUT2D eigenvalue weighted by atomic mass is 10.0. The van der Waals surface area contributed by atoms with Crippen LogP contribution in [0.2, 0.25) is 0 Å². The molecule has 3 atom stereocenters. The fraction of sp³-hybridized carbons (Fsp3) is 1.00. The van der Waals surface area contributed by atoms with Crippen molar-refractivity contribution in [2.45, 2.75) is 51.7 Å². The zero-order chi connectivity index (χ0) is 15.2. The van der Waals surface area contributed by atoms with E-state index in [2.05, 4.69) is 19.2 Å². The largest absolute Gasteiger partial charge is 0.395 e. The Hall–Kier alpha value is -0.200. The molecule has 20 heavy (non-hydrogen) atoms. The molecule has 0 aromatic carbocycles. The third-order valence-electron chi connectivity index (χ3n) is 3.44. The molecule has 0 bridgehead atoms. The SMILES string of the molecule is CCCCC(CC)COCC(O)CNC(CO)COC. The molecule has 0 radical (unpaired) electrons. The zero-order valence-electron chi connectivity index (χ0n) is 13.3. The average Bonchev–Trinajstić information content (AvgIpc) is 2.46. The summed E-state index contributed by atoms with van der Waals surface area (Å²) < 4.78 is 10.5. The van der Waals surface area contributed by atoms with E-state index in [1.54, 1.807) is 7.11 Å². The molecule has 0 saturated heterocycles. The molecular weight excluding hydrogens is 258 g/mol. The van der Waals surface area contributed by atoms with Gasteiger partial charge in [-0.2, -0.15) is 0 Å². The van der Waals surface area contributed by atoms with Crippen molar-refractivity contribution in [1.82, 2.24) is 5.32 Å². The van der Waals surface area contributed by atoms with Crippen LogP contribution < -0.4 is 5.32 Å². The van der Waals surface area contributed by atoms with Gasteiger partial charge in [-0.3, -0.25) is 0 Å². The number of methoxy groups -OCH3 is 1. The fourth-order valence-corrected chi connectivity index (χ4v) is 2.01. The summed E-state index contributed by atoms with van der Waals surface area (Å²) in [6.07, 6.45) is 4.22. The minimum Gasteiger partial charge on any atom is -0.395 e. The molecule has 0 aromatic rings. The second-order valence-electron chi connectivity index (χ2n) is 5.35.